The van der Waals surface area contributed by atoms with E-state index in [0.717, 1.165) is 23.8 Å². The highest BCUT2D eigenvalue weighted by molar-refractivity contribution is 7.92. The summed E-state index contributed by atoms with van der Waals surface area (Å²) < 4.78 is 73.0. The number of amides is 1. The minimum absolute atomic E-state index is 0.144. The summed E-state index contributed by atoms with van der Waals surface area (Å²) >= 11 is 0. The van der Waals surface area contributed by atoms with E-state index in [-0.39, 0.29) is 16.5 Å². The summed E-state index contributed by atoms with van der Waals surface area (Å²) in [5.41, 5.74) is -0.493. The number of benzene rings is 3. The minimum Gasteiger partial charge on any atom is -0.497 e. The van der Waals surface area contributed by atoms with Crippen LogP contribution in [-0.4, -0.2) is 28.0 Å². The minimum atomic E-state index is -4.68. The van der Waals surface area contributed by atoms with Crippen LogP contribution in [0.15, 0.2) is 83.8 Å². The monoisotopic (exact) mass is 534 g/mol. The lowest BCUT2D eigenvalue weighted by atomic mass is 9.97. The summed E-state index contributed by atoms with van der Waals surface area (Å²) in [6, 6.07) is 17.9. The van der Waals surface area contributed by atoms with Gasteiger partial charge in [-0.05, 0) is 60.4 Å². The molecule has 0 aromatic heterocycles. The van der Waals surface area contributed by atoms with Gasteiger partial charge in [0.25, 0.3) is 10.0 Å². The van der Waals surface area contributed by atoms with Crippen LogP contribution in [-0.2, 0) is 21.0 Å². The van der Waals surface area contributed by atoms with Gasteiger partial charge in [0, 0.05) is 0 Å². The van der Waals surface area contributed by atoms with Crippen LogP contribution in [0.3, 0.4) is 0 Å². The number of hydrogen-bond acceptors (Lipinski definition) is 4. The Morgan fingerprint density at radius 1 is 0.973 bits per heavy atom. The van der Waals surface area contributed by atoms with Crippen molar-refractivity contribution in [2.24, 2.45) is 5.92 Å². The molecule has 1 amide bonds. The van der Waals surface area contributed by atoms with Crippen molar-refractivity contribution in [1.29, 1.82) is 0 Å². The molecule has 0 aliphatic rings. The summed E-state index contributed by atoms with van der Waals surface area (Å²) in [6.07, 6.45) is -4.12. The van der Waals surface area contributed by atoms with Crippen LogP contribution in [0, 0.1) is 5.92 Å². The molecule has 10 heteroatoms. The third kappa shape index (κ3) is 7.25. The highest BCUT2D eigenvalue weighted by atomic mass is 32.2. The van der Waals surface area contributed by atoms with Gasteiger partial charge < -0.3 is 10.1 Å². The van der Waals surface area contributed by atoms with Crippen molar-refractivity contribution in [3.8, 4) is 5.75 Å². The SMILES string of the molecule is COc1ccc([C@H](CC(C)C)NC(=O)CN(c2cccc(C(F)(F)F)c2)S(=O)(=O)c2ccccc2)cc1. The first-order valence-electron chi connectivity index (χ1n) is 11.6. The molecule has 198 valence electrons. The molecule has 3 aromatic carbocycles. The molecule has 0 saturated carbocycles. The molecule has 0 unspecified atom stereocenters. The maximum atomic E-state index is 13.5. The number of methoxy groups -OCH3 is 1. The fraction of sp³-hybridized carbons (Fsp3) is 0.296. The predicted molar refractivity (Wildman–Crippen MR) is 136 cm³/mol. The topological polar surface area (TPSA) is 75.7 Å². The lowest BCUT2D eigenvalue weighted by Crippen LogP contribution is -2.42. The van der Waals surface area contributed by atoms with Gasteiger partial charge >= 0.3 is 6.18 Å². The van der Waals surface area contributed by atoms with Gasteiger partial charge in [-0.15, -0.1) is 0 Å². The van der Waals surface area contributed by atoms with E-state index in [0.29, 0.717) is 16.5 Å². The number of sulfonamides is 1. The number of alkyl halides is 3. The lowest BCUT2D eigenvalue weighted by Gasteiger charge is -2.27. The number of carbonyl (C=O) groups excluding carboxylic acids is 1. The number of ether oxygens (including phenoxy) is 1. The zero-order chi connectivity index (χ0) is 27.2. The molecule has 0 bridgehead atoms. The first-order valence-corrected chi connectivity index (χ1v) is 13.0. The number of carbonyl (C=O) groups is 1. The largest absolute Gasteiger partial charge is 0.497 e. The molecule has 0 spiro atoms. The van der Waals surface area contributed by atoms with E-state index < -0.39 is 40.3 Å². The smallest absolute Gasteiger partial charge is 0.416 e. The van der Waals surface area contributed by atoms with Gasteiger partial charge in [0.05, 0.1) is 29.3 Å². The van der Waals surface area contributed by atoms with Gasteiger partial charge in [-0.3, -0.25) is 9.10 Å². The van der Waals surface area contributed by atoms with E-state index in [1.54, 1.807) is 30.3 Å². The van der Waals surface area contributed by atoms with Gasteiger partial charge in [0.1, 0.15) is 12.3 Å². The summed E-state index contributed by atoms with van der Waals surface area (Å²) in [4.78, 5) is 13.1. The first kappa shape index (κ1) is 28.0. The number of hydrogen-bond donors (Lipinski definition) is 1. The Hall–Kier alpha value is -3.53. The number of anilines is 1. The molecular formula is C27H29F3N2O4S. The van der Waals surface area contributed by atoms with Crippen LogP contribution in [0.1, 0.15) is 37.4 Å². The summed E-state index contributed by atoms with van der Waals surface area (Å²) in [5.74, 6) is 0.182. The number of rotatable bonds is 10. The van der Waals surface area contributed by atoms with Crippen LogP contribution in [0.2, 0.25) is 0 Å². The second-order valence-electron chi connectivity index (χ2n) is 8.90. The Morgan fingerprint density at radius 3 is 2.19 bits per heavy atom. The van der Waals surface area contributed by atoms with Crippen molar-refractivity contribution in [2.75, 3.05) is 18.0 Å². The van der Waals surface area contributed by atoms with Crippen LogP contribution in [0.5, 0.6) is 5.75 Å². The average molecular weight is 535 g/mol. The quantitative estimate of drug-likeness (QED) is 0.356. The molecule has 1 atom stereocenters. The number of halogens is 3. The summed E-state index contributed by atoms with van der Waals surface area (Å²) in [7, 11) is -2.82. The Bertz CT molecular complexity index is 1300. The van der Waals surface area contributed by atoms with Crippen molar-refractivity contribution in [2.45, 2.75) is 37.4 Å². The second-order valence-corrected chi connectivity index (χ2v) is 10.8. The zero-order valence-corrected chi connectivity index (χ0v) is 21.5. The fourth-order valence-corrected chi connectivity index (χ4v) is 5.26. The number of nitrogens with one attached hydrogen (secondary N) is 1. The standard InChI is InChI=1S/C27H29F3N2O4S/c1-19(2)16-25(20-12-14-23(36-3)15-13-20)31-26(33)18-32(37(34,35)24-10-5-4-6-11-24)22-9-7-8-21(17-22)27(28,29)30/h4-15,17,19,25H,16,18H2,1-3H3,(H,31,33)/t25-/m0/s1. The van der Waals surface area contributed by atoms with Gasteiger partial charge in [0.2, 0.25) is 5.91 Å². The molecule has 0 saturated heterocycles. The van der Waals surface area contributed by atoms with Gasteiger partial charge in [-0.2, -0.15) is 13.2 Å². The van der Waals surface area contributed by atoms with Crippen molar-refractivity contribution >= 4 is 21.6 Å². The van der Waals surface area contributed by atoms with E-state index in [9.17, 15) is 26.4 Å². The van der Waals surface area contributed by atoms with Crippen LogP contribution in [0.4, 0.5) is 18.9 Å². The highest BCUT2D eigenvalue weighted by Crippen LogP contribution is 2.33. The summed E-state index contributed by atoms with van der Waals surface area (Å²) in [5, 5.41) is 2.86. The third-order valence-corrected chi connectivity index (χ3v) is 7.43. The van der Waals surface area contributed by atoms with Crippen LogP contribution < -0.4 is 14.4 Å². The molecule has 6 nitrogen and oxygen atoms in total. The van der Waals surface area contributed by atoms with Crippen molar-refractivity contribution < 1.29 is 31.1 Å². The van der Waals surface area contributed by atoms with Gasteiger partial charge in [-0.1, -0.05) is 50.2 Å². The average Bonchev–Trinajstić information content (AvgIpc) is 2.86. The molecule has 0 radical (unpaired) electrons. The van der Waals surface area contributed by atoms with E-state index in [1.807, 2.05) is 13.8 Å². The normalized spacial score (nSPS) is 12.7. The Kier molecular flexibility index (Phi) is 8.85. The number of nitrogens with zero attached hydrogens (tertiary/aromatic N) is 1. The Balaban J connectivity index is 1.97. The van der Waals surface area contributed by atoms with Gasteiger partial charge in [-0.25, -0.2) is 8.42 Å². The second kappa shape index (κ2) is 11.7. The molecule has 1 N–H and O–H groups in total. The van der Waals surface area contributed by atoms with Crippen molar-refractivity contribution in [3.63, 3.8) is 0 Å². The Morgan fingerprint density at radius 2 is 1.62 bits per heavy atom. The molecule has 3 rings (SSSR count). The first-order chi connectivity index (χ1) is 17.4. The van der Waals surface area contributed by atoms with E-state index in [2.05, 4.69) is 5.32 Å². The third-order valence-electron chi connectivity index (χ3n) is 5.64. The zero-order valence-electron chi connectivity index (χ0n) is 20.7. The van der Waals surface area contributed by atoms with E-state index in [4.69, 9.17) is 4.74 Å². The molecule has 0 aliphatic heterocycles. The molecule has 3 aromatic rings. The van der Waals surface area contributed by atoms with Crippen molar-refractivity contribution in [3.05, 3.63) is 90.0 Å². The molecule has 0 heterocycles. The van der Waals surface area contributed by atoms with Gasteiger partial charge in [0.15, 0.2) is 0 Å². The maximum absolute atomic E-state index is 13.5. The molecular weight excluding hydrogens is 505 g/mol. The van der Waals surface area contributed by atoms with E-state index >= 15 is 0 Å². The highest BCUT2D eigenvalue weighted by Gasteiger charge is 2.33. The molecule has 37 heavy (non-hydrogen) atoms. The van der Waals surface area contributed by atoms with E-state index in [1.165, 1.54) is 37.4 Å². The predicted octanol–water partition coefficient (Wildman–Crippen LogP) is 5.81. The Labute approximate surface area is 215 Å². The maximum Gasteiger partial charge on any atom is 0.416 e. The fourth-order valence-electron chi connectivity index (χ4n) is 3.83. The molecule has 0 aliphatic carbocycles. The van der Waals surface area contributed by atoms with Crippen LogP contribution >= 0.6 is 0 Å². The molecule has 0 fully saturated rings. The summed E-state index contributed by atoms with van der Waals surface area (Å²) in [6.45, 7) is 3.26. The van der Waals surface area contributed by atoms with Crippen LogP contribution in [0.25, 0.3) is 0 Å². The lowest BCUT2D eigenvalue weighted by molar-refractivity contribution is -0.137. The van der Waals surface area contributed by atoms with Crippen molar-refractivity contribution in [1.82, 2.24) is 5.32 Å².